The molecule has 0 radical (unpaired) electrons. The van der Waals surface area contributed by atoms with Crippen LogP contribution in [0, 0.1) is 0 Å². The van der Waals surface area contributed by atoms with E-state index in [0.717, 1.165) is 0 Å². The maximum absolute atomic E-state index is 11.2. The Morgan fingerprint density at radius 1 is 1.41 bits per heavy atom. The maximum Gasteiger partial charge on any atom is 0.308 e. The molecular formula is C12H25NO4. The Kier molecular flexibility index (Phi) is 9.03. The van der Waals surface area contributed by atoms with E-state index in [1.165, 1.54) is 0 Å². The molecule has 1 atom stereocenters. The summed E-state index contributed by atoms with van der Waals surface area (Å²) in [5.74, 6) is -0.370. The number of hydrogen-bond acceptors (Lipinski definition) is 5. The van der Waals surface area contributed by atoms with Crippen LogP contribution < -0.4 is 0 Å². The first-order valence-corrected chi connectivity index (χ1v) is 6.19. The number of esters is 1. The lowest BCUT2D eigenvalue weighted by Crippen LogP contribution is -2.39. The monoisotopic (exact) mass is 247 g/mol. The summed E-state index contributed by atoms with van der Waals surface area (Å²) in [5, 5.41) is 18.5. The quantitative estimate of drug-likeness (QED) is 0.577. The Bertz CT molecular complexity index is 209. The Morgan fingerprint density at radius 3 is 2.53 bits per heavy atom. The van der Waals surface area contributed by atoms with Crippen molar-refractivity contribution in [1.82, 2.24) is 4.90 Å². The molecule has 0 heterocycles. The van der Waals surface area contributed by atoms with Crippen LogP contribution in [0.2, 0.25) is 0 Å². The third kappa shape index (κ3) is 8.12. The van der Waals surface area contributed by atoms with E-state index in [4.69, 9.17) is 9.84 Å². The molecule has 0 bridgehead atoms. The number of carbonyl (C=O) groups is 1. The third-order valence-electron chi connectivity index (χ3n) is 2.49. The van der Waals surface area contributed by atoms with E-state index in [-0.39, 0.29) is 25.0 Å². The van der Waals surface area contributed by atoms with Crippen molar-refractivity contribution in [2.75, 3.05) is 26.3 Å². The van der Waals surface area contributed by atoms with Crippen molar-refractivity contribution < 1.29 is 19.7 Å². The van der Waals surface area contributed by atoms with E-state index in [1.54, 1.807) is 6.92 Å². The fourth-order valence-corrected chi connectivity index (χ4v) is 1.58. The van der Waals surface area contributed by atoms with E-state index in [2.05, 4.69) is 0 Å². The number of aliphatic hydroxyl groups is 2. The summed E-state index contributed by atoms with van der Waals surface area (Å²) in [7, 11) is 0. The van der Waals surface area contributed by atoms with Crippen molar-refractivity contribution >= 4 is 5.97 Å². The van der Waals surface area contributed by atoms with Crippen LogP contribution in [0.4, 0.5) is 0 Å². The highest BCUT2D eigenvalue weighted by atomic mass is 16.5. The zero-order valence-electron chi connectivity index (χ0n) is 11.1. The number of rotatable bonds is 9. The highest BCUT2D eigenvalue weighted by Gasteiger charge is 2.17. The number of carbonyl (C=O) groups excluding carboxylic acids is 1. The molecule has 0 aromatic carbocycles. The Balaban J connectivity index is 4.02. The van der Waals surface area contributed by atoms with Gasteiger partial charge < -0.3 is 14.9 Å². The lowest BCUT2D eigenvalue weighted by Gasteiger charge is -2.28. The van der Waals surface area contributed by atoms with Crippen molar-refractivity contribution in [3.63, 3.8) is 0 Å². The van der Waals surface area contributed by atoms with Crippen LogP contribution in [0.3, 0.4) is 0 Å². The molecule has 0 aliphatic heterocycles. The minimum absolute atomic E-state index is 0.0240. The molecule has 0 aliphatic rings. The van der Waals surface area contributed by atoms with Crippen LogP contribution in [0.5, 0.6) is 0 Å². The molecular weight excluding hydrogens is 222 g/mol. The summed E-state index contributed by atoms with van der Waals surface area (Å²) in [5.41, 5.74) is 0. The van der Waals surface area contributed by atoms with Gasteiger partial charge in [-0.3, -0.25) is 9.69 Å². The van der Waals surface area contributed by atoms with Crippen LogP contribution in [-0.4, -0.2) is 59.5 Å². The third-order valence-corrected chi connectivity index (χ3v) is 2.49. The molecule has 0 saturated carbocycles. The number of aliphatic hydroxyl groups excluding tert-OH is 2. The van der Waals surface area contributed by atoms with Gasteiger partial charge in [0.25, 0.3) is 0 Å². The average molecular weight is 247 g/mol. The van der Waals surface area contributed by atoms with Gasteiger partial charge in [-0.15, -0.1) is 0 Å². The predicted octanol–water partition coefficient (Wildman–Crippen LogP) is 0.393. The first kappa shape index (κ1) is 16.4. The summed E-state index contributed by atoms with van der Waals surface area (Å²) in [6.45, 7) is 7.40. The van der Waals surface area contributed by atoms with Crippen LogP contribution in [0.1, 0.15) is 33.6 Å². The van der Waals surface area contributed by atoms with Gasteiger partial charge in [0.1, 0.15) is 0 Å². The molecule has 0 rings (SSSR count). The van der Waals surface area contributed by atoms with Gasteiger partial charge in [0.15, 0.2) is 0 Å². The van der Waals surface area contributed by atoms with Gasteiger partial charge in [0, 0.05) is 25.7 Å². The topological polar surface area (TPSA) is 70.0 Å². The second-order valence-corrected chi connectivity index (χ2v) is 4.33. The SMILES string of the molecule is CCOC(=O)CC(O)CN(CCCO)C(C)C. The Morgan fingerprint density at radius 2 is 2.06 bits per heavy atom. The normalized spacial score (nSPS) is 13.1. The van der Waals surface area contributed by atoms with E-state index >= 15 is 0 Å². The summed E-state index contributed by atoms with van der Waals surface area (Å²) < 4.78 is 4.78. The van der Waals surface area contributed by atoms with Crippen molar-refractivity contribution in [2.24, 2.45) is 0 Å². The Labute approximate surface area is 103 Å². The highest BCUT2D eigenvalue weighted by molar-refractivity contribution is 5.69. The van der Waals surface area contributed by atoms with Crippen molar-refractivity contribution in [3.8, 4) is 0 Å². The van der Waals surface area contributed by atoms with Crippen LogP contribution in [0.25, 0.3) is 0 Å². The van der Waals surface area contributed by atoms with Gasteiger partial charge in [-0.1, -0.05) is 0 Å². The lowest BCUT2D eigenvalue weighted by atomic mass is 10.2. The first-order chi connectivity index (χ1) is 8.01. The smallest absolute Gasteiger partial charge is 0.308 e. The van der Waals surface area contributed by atoms with Gasteiger partial charge in [-0.05, 0) is 27.2 Å². The highest BCUT2D eigenvalue weighted by Crippen LogP contribution is 2.04. The second kappa shape index (κ2) is 9.39. The molecule has 0 amide bonds. The fraction of sp³-hybridized carbons (Fsp3) is 0.917. The number of ether oxygens (including phenoxy) is 1. The molecule has 0 saturated heterocycles. The number of hydrogen-bond donors (Lipinski definition) is 2. The van der Waals surface area contributed by atoms with Gasteiger partial charge in [-0.25, -0.2) is 0 Å². The molecule has 102 valence electrons. The van der Waals surface area contributed by atoms with Gasteiger partial charge in [0.2, 0.25) is 0 Å². The molecule has 5 heteroatoms. The summed E-state index contributed by atoms with van der Waals surface area (Å²) in [4.78, 5) is 13.2. The molecule has 17 heavy (non-hydrogen) atoms. The second-order valence-electron chi connectivity index (χ2n) is 4.33. The van der Waals surface area contributed by atoms with E-state index < -0.39 is 6.10 Å². The Hall–Kier alpha value is -0.650. The molecule has 0 fully saturated rings. The maximum atomic E-state index is 11.2. The van der Waals surface area contributed by atoms with E-state index in [0.29, 0.717) is 26.1 Å². The molecule has 0 aromatic heterocycles. The largest absolute Gasteiger partial charge is 0.466 e. The van der Waals surface area contributed by atoms with Crippen molar-refractivity contribution in [3.05, 3.63) is 0 Å². The van der Waals surface area contributed by atoms with Gasteiger partial charge in [-0.2, -0.15) is 0 Å². The zero-order chi connectivity index (χ0) is 13.3. The van der Waals surface area contributed by atoms with E-state index in [9.17, 15) is 9.90 Å². The zero-order valence-corrected chi connectivity index (χ0v) is 11.1. The summed E-state index contributed by atoms with van der Waals surface area (Å²) >= 11 is 0. The lowest BCUT2D eigenvalue weighted by molar-refractivity contribution is -0.145. The summed E-state index contributed by atoms with van der Waals surface area (Å²) in [6, 6.07) is 0.276. The minimum Gasteiger partial charge on any atom is -0.466 e. The molecule has 5 nitrogen and oxygen atoms in total. The average Bonchev–Trinajstić information content (AvgIpc) is 2.23. The van der Waals surface area contributed by atoms with Gasteiger partial charge >= 0.3 is 5.97 Å². The predicted molar refractivity (Wildman–Crippen MR) is 65.7 cm³/mol. The van der Waals surface area contributed by atoms with Crippen molar-refractivity contribution in [2.45, 2.75) is 45.8 Å². The first-order valence-electron chi connectivity index (χ1n) is 6.19. The summed E-state index contributed by atoms with van der Waals surface area (Å²) in [6.07, 6.45) is -0.0179. The van der Waals surface area contributed by atoms with Crippen LogP contribution in [-0.2, 0) is 9.53 Å². The van der Waals surface area contributed by atoms with Crippen molar-refractivity contribution in [1.29, 1.82) is 0 Å². The molecule has 0 spiro atoms. The van der Waals surface area contributed by atoms with Crippen LogP contribution in [0.15, 0.2) is 0 Å². The van der Waals surface area contributed by atoms with Crippen LogP contribution >= 0.6 is 0 Å². The molecule has 2 N–H and O–H groups in total. The molecule has 0 aromatic rings. The fourth-order valence-electron chi connectivity index (χ4n) is 1.58. The molecule has 0 aliphatic carbocycles. The van der Waals surface area contributed by atoms with Gasteiger partial charge in [0.05, 0.1) is 19.1 Å². The molecule has 1 unspecified atom stereocenters. The minimum atomic E-state index is -0.713. The van der Waals surface area contributed by atoms with E-state index in [1.807, 2.05) is 18.7 Å². The number of nitrogens with zero attached hydrogens (tertiary/aromatic N) is 1. The standard InChI is InChI=1S/C12H25NO4/c1-4-17-12(16)8-11(15)9-13(10(2)3)6-5-7-14/h10-11,14-15H,4-9H2,1-3H3.